The minimum absolute atomic E-state index is 0.856. The lowest BCUT2D eigenvalue weighted by Crippen LogP contribution is -2.48. The molecule has 2 rings (SSSR count). The van der Waals surface area contributed by atoms with E-state index in [9.17, 15) is 0 Å². The average Bonchev–Trinajstić information content (AvgIpc) is 2.26. The van der Waals surface area contributed by atoms with Crippen molar-refractivity contribution in [1.29, 1.82) is 0 Å². The summed E-state index contributed by atoms with van der Waals surface area (Å²) >= 11 is 0. The SMILES string of the molecule is CCCC[C@H]1CC[C@H]2CCCC[C@H]2N1. The summed E-state index contributed by atoms with van der Waals surface area (Å²) in [5.41, 5.74) is 0. The van der Waals surface area contributed by atoms with Gasteiger partial charge < -0.3 is 5.32 Å². The molecule has 0 bridgehead atoms. The molecule has 0 unspecified atom stereocenters. The molecule has 14 heavy (non-hydrogen) atoms. The lowest BCUT2D eigenvalue weighted by molar-refractivity contribution is 0.170. The van der Waals surface area contributed by atoms with E-state index in [-0.39, 0.29) is 0 Å². The van der Waals surface area contributed by atoms with Crippen LogP contribution in [0.25, 0.3) is 0 Å². The van der Waals surface area contributed by atoms with Crippen LogP contribution in [-0.2, 0) is 0 Å². The number of nitrogens with one attached hydrogen (secondary N) is 1. The van der Waals surface area contributed by atoms with E-state index in [0.29, 0.717) is 0 Å². The third-order valence-corrected chi connectivity index (χ3v) is 4.15. The largest absolute Gasteiger partial charge is 0.311 e. The molecule has 0 amide bonds. The molecule has 82 valence electrons. The molecule has 1 saturated heterocycles. The fourth-order valence-corrected chi connectivity index (χ4v) is 3.25. The zero-order valence-electron chi connectivity index (χ0n) is 9.60. The summed E-state index contributed by atoms with van der Waals surface area (Å²) in [6, 6.07) is 1.74. The maximum atomic E-state index is 3.89. The molecule has 0 aromatic heterocycles. The van der Waals surface area contributed by atoms with Crippen molar-refractivity contribution < 1.29 is 0 Å². The highest BCUT2D eigenvalue weighted by Crippen LogP contribution is 2.33. The molecule has 1 heterocycles. The van der Waals surface area contributed by atoms with E-state index in [0.717, 1.165) is 18.0 Å². The Morgan fingerprint density at radius 1 is 1.07 bits per heavy atom. The second-order valence-corrected chi connectivity index (χ2v) is 5.23. The Morgan fingerprint density at radius 2 is 1.93 bits per heavy atom. The summed E-state index contributed by atoms with van der Waals surface area (Å²) in [5, 5.41) is 3.89. The van der Waals surface area contributed by atoms with Crippen molar-refractivity contribution >= 4 is 0 Å². The Morgan fingerprint density at radius 3 is 2.79 bits per heavy atom. The van der Waals surface area contributed by atoms with Crippen molar-refractivity contribution in [3.8, 4) is 0 Å². The average molecular weight is 195 g/mol. The summed E-state index contributed by atoms with van der Waals surface area (Å²) in [4.78, 5) is 0. The van der Waals surface area contributed by atoms with Gasteiger partial charge in [-0.15, -0.1) is 0 Å². The van der Waals surface area contributed by atoms with Gasteiger partial charge in [0.05, 0.1) is 0 Å². The molecule has 1 aliphatic heterocycles. The van der Waals surface area contributed by atoms with Gasteiger partial charge in [-0.3, -0.25) is 0 Å². The third kappa shape index (κ3) is 2.50. The van der Waals surface area contributed by atoms with E-state index in [1.807, 2.05) is 0 Å². The second-order valence-electron chi connectivity index (χ2n) is 5.23. The second kappa shape index (κ2) is 5.16. The summed E-state index contributed by atoms with van der Waals surface area (Å²) < 4.78 is 0. The van der Waals surface area contributed by atoms with Crippen molar-refractivity contribution in [1.82, 2.24) is 5.32 Å². The molecular weight excluding hydrogens is 170 g/mol. The van der Waals surface area contributed by atoms with Gasteiger partial charge in [-0.25, -0.2) is 0 Å². The predicted molar refractivity (Wildman–Crippen MR) is 61.4 cm³/mol. The Hall–Kier alpha value is -0.0400. The minimum atomic E-state index is 0.856. The highest BCUT2D eigenvalue weighted by atomic mass is 15.0. The van der Waals surface area contributed by atoms with Crippen molar-refractivity contribution in [2.75, 3.05) is 0 Å². The van der Waals surface area contributed by atoms with Crippen LogP contribution >= 0.6 is 0 Å². The Balaban J connectivity index is 1.77. The minimum Gasteiger partial charge on any atom is -0.311 e. The zero-order chi connectivity index (χ0) is 9.80. The van der Waals surface area contributed by atoms with Crippen LogP contribution in [0.3, 0.4) is 0 Å². The van der Waals surface area contributed by atoms with E-state index in [4.69, 9.17) is 0 Å². The normalized spacial score (nSPS) is 37.9. The van der Waals surface area contributed by atoms with E-state index in [1.165, 1.54) is 57.8 Å². The highest BCUT2D eigenvalue weighted by Gasteiger charge is 2.30. The molecule has 3 atom stereocenters. The number of hydrogen-bond donors (Lipinski definition) is 1. The molecule has 1 N–H and O–H groups in total. The van der Waals surface area contributed by atoms with Crippen molar-refractivity contribution in [3.63, 3.8) is 0 Å². The van der Waals surface area contributed by atoms with Gasteiger partial charge in [0.25, 0.3) is 0 Å². The molecule has 0 radical (unpaired) electrons. The lowest BCUT2D eigenvalue weighted by atomic mass is 9.77. The standard InChI is InChI=1S/C13H25N/c1-2-3-7-12-10-9-11-6-4-5-8-13(11)14-12/h11-14H,2-10H2,1H3/t11-,12+,13-/m1/s1. The highest BCUT2D eigenvalue weighted by molar-refractivity contribution is 4.88. The maximum absolute atomic E-state index is 3.89. The molecular formula is C13H25N. The molecule has 1 nitrogen and oxygen atoms in total. The molecule has 1 aliphatic carbocycles. The van der Waals surface area contributed by atoms with E-state index in [2.05, 4.69) is 12.2 Å². The van der Waals surface area contributed by atoms with Crippen LogP contribution in [0.15, 0.2) is 0 Å². The van der Waals surface area contributed by atoms with Gasteiger partial charge in [0.2, 0.25) is 0 Å². The van der Waals surface area contributed by atoms with Gasteiger partial charge in [-0.1, -0.05) is 32.6 Å². The number of piperidine rings is 1. The van der Waals surface area contributed by atoms with E-state index >= 15 is 0 Å². The molecule has 2 fully saturated rings. The number of hydrogen-bond acceptors (Lipinski definition) is 1. The summed E-state index contributed by atoms with van der Waals surface area (Å²) in [6.07, 6.45) is 13.0. The lowest BCUT2D eigenvalue weighted by Gasteiger charge is -2.40. The van der Waals surface area contributed by atoms with Gasteiger partial charge in [0, 0.05) is 12.1 Å². The van der Waals surface area contributed by atoms with Crippen molar-refractivity contribution in [3.05, 3.63) is 0 Å². The fraction of sp³-hybridized carbons (Fsp3) is 1.00. The first-order chi connectivity index (χ1) is 6.90. The van der Waals surface area contributed by atoms with Crippen LogP contribution in [0, 0.1) is 5.92 Å². The Kier molecular flexibility index (Phi) is 3.86. The van der Waals surface area contributed by atoms with Gasteiger partial charge in [-0.2, -0.15) is 0 Å². The number of rotatable bonds is 3. The smallest absolute Gasteiger partial charge is 0.00979 e. The number of fused-ring (bicyclic) bond motifs is 1. The molecule has 1 heteroatoms. The molecule has 0 spiro atoms. The molecule has 2 aliphatic rings. The molecule has 0 aromatic carbocycles. The van der Waals surface area contributed by atoms with Gasteiger partial charge in [0.15, 0.2) is 0 Å². The van der Waals surface area contributed by atoms with Gasteiger partial charge in [0.1, 0.15) is 0 Å². The molecule has 1 saturated carbocycles. The van der Waals surface area contributed by atoms with E-state index < -0.39 is 0 Å². The quantitative estimate of drug-likeness (QED) is 0.727. The number of unbranched alkanes of at least 4 members (excludes halogenated alkanes) is 1. The summed E-state index contributed by atoms with van der Waals surface area (Å²) in [5.74, 6) is 1.03. The maximum Gasteiger partial charge on any atom is 0.00979 e. The zero-order valence-corrected chi connectivity index (χ0v) is 9.60. The first-order valence-corrected chi connectivity index (χ1v) is 6.66. The summed E-state index contributed by atoms with van der Waals surface area (Å²) in [7, 11) is 0. The Bertz CT molecular complexity index is 167. The van der Waals surface area contributed by atoms with Crippen molar-refractivity contribution in [2.24, 2.45) is 5.92 Å². The Labute approximate surface area is 88.7 Å². The third-order valence-electron chi connectivity index (χ3n) is 4.15. The van der Waals surface area contributed by atoms with Crippen LogP contribution in [0.4, 0.5) is 0 Å². The monoisotopic (exact) mass is 195 g/mol. The predicted octanol–water partition coefficient (Wildman–Crippen LogP) is 3.49. The van der Waals surface area contributed by atoms with Gasteiger partial charge in [-0.05, 0) is 38.0 Å². The van der Waals surface area contributed by atoms with Crippen LogP contribution in [0.5, 0.6) is 0 Å². The topological polar surface area (TPSA) is 12.0 Å². The van der Waals surface area contributed by atoms with E-state index in [1.54, 1.807) is 0 Å². The van der Waals surface area contributed by atoms with Crippen LogP contribution < -0.4 is 5.32 Å². The van der Waals surface area contributed by atoms with Crippen LogP contribution in [-0.4, -0.2) is 12.1 Å². The first-order valence-electron chi connectivity index (χ1n) is 6.66. The van der Waals surface area contributed by atoms with Crippen LogP contribution in [0.1, 0.15) is 64.7 Å². The molecule has 0 aromatic rings. The first kappa shape index (κ1) is 10.5. The summed E-state index contributed by atoms with van der Waals surface area (Å²) in [6.45, 7) is 2.30. The fourth-order valence-electron chi connectivity index (χ4n) is 3.25. The van der Waals surface area contributed by atoms with Crippen LogP contribution in [0.2, 0.25) is 0 Å². The van der Waals surface area contributed by atoms with Crippen molar-refractivity contribution in [2.45, 2.75) is 76.8 Å². The van der Waals surface area contributed by atoms with Gasteiger partial charge >= 0.3 is 0 Å².